The Balaban J connectivity index is 1.67. The molecule has 0 bridgehead atoms. The highest BCUT2D eigenvalue weighted by Crippen LogP contribution is 2.31. The lowest BCUT2D eigenvalue weighted by Crippen LogP contribution is -2.40. The Morgan fingerprint density at radius 1 is 1.14 bits per heavy atom. The number of anilines is 1. The first-order chi connectivity index (χ1) is 17.9. The molecule has 0 saturated heterocycles. The van der Waals surface area contributed by atoms with E-state index in [-0.39, 0.29) is 11.5 Å². The number of allylic oxidation sites excluding steroid dienone is 1. The molecule has 2 aromatic heterocycles. The number of rotatable bonds is 6. The third-order valence-corrected chi connectivity index (χ3v) is 7.44. The highest BCUT2D eigenvalue weighted by Gasteiger charge is 2.32. The minimum Gasteiger partial charge on any atom is -0.497 e. The molecule has 9 heteroatoms. The van der Waals surface area contributed by atoms with Crippen LogP contribution in [0.2, 0.25) is 0 Å². The van der Waals surface area contributed by atoms with Crippen LogP contribution in [0.5, 0.6) is 5.75 Å². The molecule has 1 N–H and O–H groups in total. The standard InChI is InChI=1S/C28H27N5O3S/c1-5-32-18(3)20(16-29-32)15-23-27(35)33-25(19-11-13-22(36-4)14-12-19)24(17(2)30-28(33)37-23)26(34)31-21-9-7-6-8-10-21/h6-16,25H,5H2,1-4H3,(H,31,34)/t25-/m0/s1. The topological polar surface area (TPSA) is 90.5 Å². The molecule has 1 aliphatic rings. The predicted octanol–water partition coefficient (Wildman–Crippen LogP) is 3.41. The number of fused-ring (bicyclic) bond motifs is 1. The van der Waals surface area contributed by atoms with Crippen LogP contribution in [0.4, 0.5) is 5.69 Å². The number of carbonyl (C=O) groups is 1. The number of hydrogen-bond donors (Lipinski definition) is 1. The molecule has 0 aliphatic carbocycles. The summed E-state index contributed by atoms with van der Waals surface area (Å²) in [6.45, 7) is 6.56. The molecule has 37 heavy (non-hydrogen) atoms. The first-order valence-corrected chi connectivity index (χ1v) is 12.8. The first kappa shape index (κ1) is 24.5. The van der Waals surface area contributed by atoms with E-state index in [1.54, 1.807) is 17.9 Å². The Kier molecular flexibility index (Phi) is 6.62. The molecule has 3 heterocycles. The molecule has 2 aromatic carbocycles. The van der Waals surface area contributed by atoms with Crippen molar-refractivity contribution in [2.75, 3.05) is 12.4 Å². The highest BCUT2D eigenvalue weighted by molar-refractivity contribution is 7.07. The molecule has 0 spiro atoms. The van der Waals surface area contributed by atoms with Crippen molar-refractivity contribution in [3.8, 4) is 5.75 Å². The number of aromatic nitrogens is 3. The minimum absolute atomic E-state index is 0.203. The van der Waals surface area contributed by atoms with Gasteiger partial charge in [-0.05, 0) is 56.7 Å². The number of para-hydroxylation sites is 1. The van der Waals surface area contributed by atoms with Crippen LogP contribution in [0.25, 0.3) is 6.08 Å². The quantitative estimate of drug-likeness (QED) is 0.428. The van der Waals surface area contributed by atoms with Crippen molar-refractivity contribution in [2.24, 2.45) is 4.99 Å². The summed E-state index contributed by atoms with van der Waals surface area (Å²) in [6.07, 6.45) is 3.62. The lowest BCUT2D eigenvalue weighted by atomic mass is 9.95. The van der Waals surface area contributed by atoms with Crippen molar-refractivity contribution in [1.82, 2.24) is 14.3 Å². The summed E-state index contributed by atoms with van der Waals surface area (Å²) in [5, 5.41) is 7.36. The van der Waals surface area contributed by atoms with Crippen molar-refractivity contribution in [2.45, 2.75) is 33.4 Å². The summed E-state index contributed by atoms with van der Waals surface area (Å²) in [5.41, 5.74) is 4.11. The smallest absolute Gasteiger partial charge is 0.271 e. The lowest BCUT2D eigenvalue weighted by molar-refractivity contribution is -0.113. The summed E-state index contributed by atoms with van der Waals surface area (Å²) < 4.78 is 9.37. The molecule has 0 unspecified atom stereocenters. The Labute approximate surface area is 217 Å². The molecule has 5 rings (SSSR count). The molecule has 1 amide bonds. The molecule has 4 aromatic rings. The van der Waals surface area contributed by atoms with E-state index in [0.717, 1.165) is 23.4 Å². The van der Waals surface area contributed by atoms with Gasteiger partial charge in [0.25, 0.3) is 11.5 Å². The van der Waals surface area contributed by atoms with E-state index >= 15 is 0 Å². The zero-order valence-electron chi connectivity index (χ0n) is 21.1. The van der Waals surface area contributed by atoms with Gasteiger partial charge in [0.1, 0.15) is 5.75 Å². The van der Waals surface area contributed by atoms with Crippen LogP contribution in [0.3, 0.4) is 0 Å². The fourth-order valence-electron chi connectivity index (χ4n) is 4.50. The zero-order valence-corrected chi connectivity index (χ0v) is 21.9. The maximum atomic E-state index is 13.8. The summed E-state index contributed by atoms with van der Waals surface area (Å²) in [5.74, 6) is 0.387. The van der Waals surface area contributed by atoms with Gasteiger partial charge in [0.2, 0.25) is 0 Å². The number of carbonyl (C=O) groups excluding carboxylic acids is 1. The second-order valence-corrected chi connectivity index (χ2v) is 9.69. The van der Waals surface area contributed by atoms with Gasteiger partial charge in [-0.15, -0.1) is 0 Å². The fourth-order valence-corrected chi connectivity index (χ4v) is 5.53. The van der Waals surface area contributed by atoms with E-state index in [1.807, 2.05) is 86.1 Å². The average molecular weight is 514 g/mol. The number of nitrogens with zero attached hydrogens (tertiary/aromatic N) is 4. The summed E-state index contributed by atoms with van der Waals surface area (Å²) in [6, 6.07) is 16.0. The van der Waals surface area contributed by atoms with Crippen molar-refractivity contribution < 1.29 is 9.53 Å². The number of benzene rings is 2. The Morgan fingerprint density at radius 2 is 1.86 bits per heavy atom. The van der Waals surface area contributed by atoms with Crippen molar-refractivity contribution in [3.63, 3.8) is 0 Å². The Bertz CT molecular complexity index is 1680. The second-order valence-electron chi connectivity index (χ2n) is 8.68. The number of amides is 1. The third kappa shape index (κ3) is 4.53. The van der Waals surface area contributed by atoms with E-state index < -0.39 is 6.04 Å². The van der Waals surface area contributed by atoms with Crippen LogP contribution in [0, 0.1) is 6.92 Å². The molecule has 1 atom stereocenters. The Hall–Kier alpha value is -4.24. The number of nitrogens with one attached hydrogen (secondary N) is 1. The van der Waals surface area contributed by atoms with Crippen molar-refractivity contribution >= 4 is 29.0 Å². The average Bonchev–Trinajstić information content (AvgIpc) is 3.42. The molecule has 0 radical (unpaired) electrons. The van der Waals surface area contributed by atoms with Crippen molar-refractivity contribution in [3.05, 3.63) is 109 Å². The van der Waals surface area contributed by atoms with Gasteiger partial charge in [0.15, 0.2) is 4.80 Å². The van der Waals surface area contributed by atoms with Gasteiger partial charge >= 0.3 is 0 Å². The largest absolute Gasteiger partial charge is 0.497 e. The highest BCUT2D eigenvalue weighted by atomic mass is 32.1. The van der Waals surface area contributed by atoms with E-state index in [0.29, 0.717) is 32.0 Å². The van der Waals surface area contributed by atoms with Crippen LogP contribution >= 0.6 is 11.3 Å². The summed E-state index contributed by atoms with van der Waals surface area (Å²) in [4.78, 5) is 32.7. The van der Waals surface area contributed by atoms with E-state index in [1.165, 1.54) is 11.3 Å². The lowest BCUT2D eigenvalue weighted by Gasteiger charge is -2.25. The maximum Gasteiger partial charge on any atom is 0.271 e. The number of ether oxygens (including phenoxy) is 1. The van der Waals surface area contributed by atoms with Gasteiger partial charge in [-0.3, -0.25) is 18.8 Å². The van der Waals surface area contributed by atoms with Crippen molar-refractivity contribution in [1.29, 1.82) is 0 Å². The van der Waals surface area contributed by atoms with E-state index in [4.69, 9.17) is 9.73 Å². The molecule has 1 aliphatic heterocycles. The molecule has 0 saturated carbocycles. The normalized spacial score (nSPS) is 15.4. The van der Waals surface area contributed by atoms with Crippen LogP contribution < -0.4 is 24.9 Å². The number of hydrogen-bond acceptors (Lipinski definition) is 6. The molecule has 0 fully saturated rings. The van der Waals surface area contributed by atoms with Crippen LogP contribution in [0.15, 0.2) is 81.9 Å². The molecular formula is C28H27N5O3S. The van der Waals surface area contributed by atoms with Gasteiger partial charge in [0.05, 0.1) is 35.2 Å². The van der Waals surface area contributed by atoms with Crippen LogP contribution in [0.1, 0.15) is 36.7 Å². The van der Waals surface area contributed by atoms with E-state index in [2.05, 4.69) is 10.4 Å². The van der Waals surface area contributed by atoms with Gasteiger partial charge in [-0.2, -0.15) is 5.10 Å². The molecule has 8 nitrogen and oxygen atoms in total. The maximum absolute atomic E-state index is 13.8. The predicted molar refractivity (Wildman–Crippen MR) is 144 cm³/mol. The third-order valence-electron chi connectivity index (χ3n) is 6.46. The number of aryl methyl sites for hydroxylation is 1. The fraction of sp³-hybridized carbons (Fsp3) is 0.214. The van der Waals surface area contributed by atoms with Gasteiger partial charge < -0.3 is 10.1 Å². The Morgan fingerprint density at radius 3 is 2.51 bits per heavy atom. The summed E-state index contributed by atoms with van der Waals surface area (Å²) in [7, 11) is 1.60. The molecule has 188 valence electrons. The van der Waals surface area contributed by atoms with E-state index in [9.17, 15) is 9.59 Å². The minimum atomic E-state index is -0.646. The van der Waals surface area contributed by atoms with Gasteiger partial charge in [-0.25, -0.2) is 4.99 Å². The second kappa shape index (κ2) is 10.0. The first-order valence-electron chi connectivity index (χ1n) is 12.0. The zero-order chi connectivity index (χ0) is 26.1. The van der Waals surface area contributed by atoms with Crippen LogP contribution in [-0.4, -0.2) is 27.4 Å². The SMILES string of the molecule is CCn1ncc(C=c2sc3n(c2=O)[C@@H](c2ccc(OC)cc2)C(C(=O)Nc2ccccc2)=C(C)N=3)c1C. The molecular weight excluding hydrogens is 486 g/mol. The summed E-state index contributed by atoms with van der Waals surface area (Å²) >= 11 is 1.31. The van der Waals surface area contributed by atoms with Gasteiger partial charge in [-0.1, -0.05) is 41.7 Å². The van der Waals surface area contributed by atoms with Gasteiger partial charge in [0, 0.05) is 23.5 Å². The number of thiazole rings is 1. The monoisotopic (exact) mass is 513 g/mol. The number of methoxy groups -OCH3 is 1. The van der Waals surface area contributed by atoms with Crippen LogP contribution in [-0.2, 0) is 11.3 Å².